The molecule has 0 saturated carbocycles. The maximum Gasteiger partial charge on any atom is 0.469 e. The van der Waals surface area contributed by atoms with Gasteiger partial charge in [0.2, 0.25) is 0 Å². The van der Waals surface area contributed by atoms with Crippen molar-refractivity contribution in [3.63, 3.8) is 0 Å². The Kier molecular flexibility index (Phi) is 5.30. The Bertz CT molecular complexity index is 839. The highest BCUT2D eigenvalue weighted by Gasteiger charge is 2.46. The summed E-state index contributed by atoms with van der Waals surface area (Å²) in [6, 6.07) is 0.631. The Balaban J connectivity index is 2.44. The molecule has 4 atom stereocenters. The third-order valence-electron chi connectivity index (χ3n) is 3.56. The summed E-state index contributed by atoms with van der Waals surface area (Å²) < 4.78 is 21.1. The molecule has 0 aromatic carbocycles. The number of ether oxygens (including phenoxy) is 1. The number of carboxylic acid groups (broad SMARTS) is 1. The van der Waals surface area contributed by atoms with Crippen LogP contribution in [-0.2, 0) is 20.9 Å². The van der Waals surface area contributed by atoms with E-state index in [2.05, 4.69) is 4.52 Å². The molecule has 1 aliphatic rings. The highest BCUT2D eigenvalue weighted by atomic mass is 31.2. The monoisotopic (exact) mass is 382 g/mol. The normalized spacial score (nSPS) is 26.8. The van der Waals surface area contributed by atoms with Crippen LogP contribution in [-0.4, -0.2) is 65.1 Å². The van der Waals surface area contributed by atoms with E-state index in [0.29, 0.717) is 15.2 Å². The lowest BCUT2D eigenvalue weighted by molar-refractivity contribution is -0.0559. The first kappa shape index (κ1) is 19.5. The second-order valence-corrected chi connectivity index (χ2v) is 6.46. The number of aromatic nitrogens is 2. The molecule has 0 bridgehead atoms. The van der Waals surface area contributed by atoms with Crippen LogP contribution in [0, 0.1) is 0 Å². The molecule has 1 aromatic rings. The lowest BCUT2D eigenvalue weighted by Gasteiger charge is -2.20. The number of carboxylic acids is 1. The lowest BCUT2D eigenvalue weighted by atomic mass is 10.1. The molecule has 0 unspecified atom stereocenters. The molecule has 1 aliphatic heterocycles. The number of phosphoric acid groups is 1. The molecule has 2 rings (SSSR count). The summed E-state index contributed by atoms with van der Waals surface area (Å²) in [4.78, 5) is 52.4. The molecule has 140 valence electrons. The van der Waals surface area contributed by atoms with Crippen molar-refractivity contribution < 1.29 is 43.7 Å². The number of phosphoric ester groups is 1. The van der Waals surface area contributed by atoms with E-state index in [1.807, 2.05) is 0 Å². The molecular weight excluding hydrogens is 367 g/mol. The highest BCUT2D eigenvalue weighted by Crippen LogP contribution is 2.38. The van der Waals surface area contributed by atoms with E-state index in [-0.39, 0.29) is 0 Å². The van der Waals surface area contributed by atoms with E-state index in [0.717, 1.165) is 7.05 Å². The number of aromatic carboxylic acids is 1. The molecule has 2 heterocycles. The van der Waals surface area contributed by atoms with E-state index in [1.54, 1.807) is 0 Å². The van der Waals surface area contributed by atoms with E-state index in [4.69, 9.17) is 19.6 Å². The minimum Gasteiger partial charge on any atom is -0.477 e. The predicted molar refractivity (Wildman–Crippen MR) is 76.8 cm³/mol. The fourth-order valence-electron chi connectivity index (χ4n) is 2.30. The summed E-state index contributed by atoms with van der Waals surface area (Å²) >= 11 is 0. The van der Waals surface area contributed by atoms with Gasteiger partial charge >= 0.3 is 19.5 Å². The largest absolute Gasteiger partial charge is 0.477 e. The van der Waals surface area contributed by atoms with Crippen LogP contribution >= 0.6 is 7.82 Å². The lowest BCUT2D eigenvalue weighted by Crippen LogP contribution is -2.44. The second kappa shape index (κ2) is 6.80. The number of rotatable bonds is 5. The van der Waals surface area contributed by atoms with Crippen LogP contribution in [0.25, 0.3) is 0 Å². The van der Waals surface area contributed by atoms with E-state index in [9.17, 15) is 29.2 Å². The number of hydrogen-bond acceptors (Lipinski definition) is 8. The minimum absolute atomic E-state index is 0.453. The van der Waals surface area contributed by atoms with Crippen molar-refractivity contribution in [2.45, 2.75) is 24.5 Å². The first-order valence-electron chi connectivity index (χ1n) is 6.71. The molecule has 0 amide bonds. The molecule has 13 nitrogen and oxygen atoms in total. The number of aliphatic hydroxyl groups excluding tert-OH is 2. The second-order valence-electron chi connectivity index (χ2n) is 5.22. The van der Waals surface area contributed by atoms with Gasteiger partial charge < -0.3 is 29.8 Å². The van der Waals surface area contributed by atoms with Gasteiger partial charge in [-0.05, 0) is 0 Å². The molecule has 0 aliphatic carbocycles. The maximum atomic E-state index is 12.2. The predicted octanol–water partition coefficient (Wildman–Crippen LogP) is -3.03. The fraction of sp³-hybridized carbons (Fsp3) is 0.545. The summed E-state index contributed by atoms with van der Waals surface area (Å²) in [6.45, 7) is -0.831. The summed E-state index contributed by atoms with van der Waals surface area (Å²) in [5.41, 5.74) is -2.83. The van der Waals surface area contributed by atoms with Gasteiger partial charge in [-0.3, -0.25) is 18.5 Å². The van der Waals surface area contributed by atoms with Crippen LogP contribution in [0.4, 0.5) is 0 Å². The molecule has 1 aromatic heterocycles. The van der Waals surface area contributed by atoms with Gasteiger partial charge in [-0.15, -0.1) is 0 Å². The van der Waals surface area contributed by atoms with Crippen LogP contribution in [0.2, 0.25) is 0 Å². The molecule has 5 N–H and O–H groups in total. The van der Waals surface area contributed by atoms with Gasteiger partial charge in [0.25, 0.3) is 5.56 Å². The summed E-state index contributed by atoms with van der Waals surface area (Å²) in [7, 11) is -3.82. The van der Waals surface area contributed by atoms with E-state index in [1.165, 1.54) is 0 Å². The van der Waals surface area contributed by atoms with Gasteiger partial charge in [0, 0.05) is 13.1 Å². The van der Waals surface area contributed by atoms with Gasteiger partial charge in [0.05, 0.1) is 6.61 Å². The molecule has 0 radical (unpaired) electrons. The van der Waals surface area contributed by atoms with E-state index >= 15 is 0 Å². The van der Waals surface area contributed by atoms with Crippen molar-refractivity contribution in [3.05, 3.63) is 32.6 Å². The van der Waals surface area contributed by atoms with Crippen molar-refractivity contribution in [1.29, 1.82) is 0 Å². The van der Waals surface area contributed by atoms with Gasteiger partial charge in [-0.25, -0.2) is 14.2 Å². The smallest absolute Gasteiger partial charge is 0.469 e. The van der Waals surface area contributed by atoms with Gasteiger partial charge in [0.15, 0.2) is 6.23 Å². The van der Waals surface area contributed by atoms with Crippen molar-refractivity contribution >= 4 is 13.8 Å². The molecule has 25 heavy (non-hydrogen) atoms. The highest BCUT2D eigenvalue weighted by molar-refractivity contribution is 7.46. The van der Waals surface area contributed by atoms with Crippen LogP contribution in [0.3, 0.4) is 0 Å². The Labute approximate surface area is 138 Å². The van der Waals surface area contributed by atoms with Crippen LogP contribution in [0.1, 0.15) is 16.7 Å². The van der Waals surface area contributed by atoms with Crippen molar-refractivity contribution in [1.82, 2.24) is 9.13 Å². The first-order valence-corrected chi connectivity index (χ1v) is 8.24. The number of carbonyl (C=O) groups is 1. The quantitative estimate of drug-likeness (QED) is 0.325. The molecule has 0 spiro atoms. The van der Waals surface area contributed by atoms with Crippen LogP contribution < -0.4 is 11.2 Å². The average Bonchev–Trinajstić information content (AvgIpc) is 2.77. The van der Waals surface area contributed by atoms with Crippen LogP contribution in [0.5, 0.6) is 0 Å². The average molecular weight is 382 g/mol. The third kappa shape index (κ3) is 3.88. The van der Waals surface area contributed by atoms with Crippen LogP contribution in [0.15, 0.2) is 15.7 Å². The SMILES string of the molecule is Cn1c(=O)cc(C(=O)O)n([C@@H]2O[C@H](COP(=O)(O)O)[C@@H](O)[C@H]2O)c1=O. The Hall–Kier alpha value is -1.86. The minimum atomic E-state index is -4.89. The number of hydrogen-bond donors (Lipinski definition) is 5. The van der Waals surface area contributed by atoms with Crippen molar-refractivity contribution in [2.75, 3.05) is 6.61 Å². The van der Waals surface area contributed by atoms with Crippen molar-refractivity contribution in [3.8, 4) is 0 Å². The number of aliphatic hydroxyl groups is 2. The van der Waals surface area contributed by atoms with Gasteiger partial charge in [-0.1, -0.05) is 0 Å². The Morgan fingerprint density at radius 2 is 1.92 bits per heavy atom. The molecule has 1 fully saturated rings. The standard InChI is InChI=1S/C11H15N2O11P/c1-12-6(14)2-4(10(17)18)13(11(12)19)9-8(16)7(15)5(24-9)3-23-25(20,21)22/h2,5,7-9,15-16H,3H2,1H3,(H,17,18)(H2,20,21,22)/t5-,7-,8-,9-/m1/s1. The Morgan fingerprint density at radius 1 is 1.32 bits per heavy atom. The molecular formula is C11H15N2O11P. The summed E-state index contributed by atoms with van der Waals surface area (Å²) in [5.74, 6) is -1.66. The third-order valence-corrected chi connectivity index (χ3v) is 4.05. The topological polar surface area (TPSA) is 198 Å². The number of nitrogens with zero attached hydrogens (tertiary/aromatic N) is 2. The zero-order valence-corrected chi connectivity index (χ0v) is 13.5. The zero-order valence-electron chi connectivity index (χ0n) is 12.6. The molecule has 1 saturated heterocycles. The molecule has 14 heteroatoms. The summed E-state index contributed by atoms with van der Waals surface area (Å²) in [6.07, 6.45) is -6.73. The van der Waals surface area contributed by atoms with E-state index < -0.39 is 61.9 Å². The maximum absolute atomic E-state index is 12.2. The zero-order chi connectivity index (χ0) is 19.1. The van der Waals surface area contributed by atoms with Gasteiger partial charge in [-0.2, -0.15) is 0 Å². The first-order chi connectivity index (χ1) is 11.4. The fourth-order valence-corrected chi connectivity index (χ4v) is 2.64. The summed E-state index contributed by atoms with van der Waals surface area (Å²) in [5, 5.41) is 29.1. The van der Waals surface area contributed by atoms with Crippen molar-refractivity contribution in [2.24, 2.45) is 7.05 Å². The Morgan fingerprint density at radius 3 is 2.44 bits per heavy atom. The van der Waals surface area contributed by atoms with Gasteiger partial charge in [0.1, 0.15) is 24.0 Å².